The fourth-order valence-electron chi connectivity index (χ4n) is 2.02. The van der Waals surface area contributed by atoms with Crippen molar-refractivity contribution in [3.05, 3.63) is 35.4 Å². The Labute approximate surface area is 95.2 Å². The van der Waals surface area contributed by atoms with Gasteiger partial charge < -0.3 is 10.4 Å². The lowest BCUT2D eigenvalue weighted by Crippen LogP contribution is -2.36. The van der Waals surface area contributed by atoms with Crippen LogP contribution in [0.15, 0.2) is 18.2 Å². The Hall–Kier alpha value is -1.98. The molecule has 4 nitrogen and oxygen atoms in total. The highest BCUT2D eigenvalue weighted by atomic mass is 19.1. The summed E-state index contributed by atoms with van der Waals surface area (Å²) >= 11 is 0. The number of carbonyl (C=O) groups excluding carboxylic acids is 1. The number of halogens is 2. The second-order valence-corrected chi connectivity index (χ2v) is 3.83. The van der Waals surface area contributed by atoms with E-state index in [2.05, 4.69) is 5.32 Å². The van der Waals surface area contributed by atoms with Gasteiger partial charge in [0, 0.05) is 17.9 Å². The highest BCUT2D eigenvalue weighted by Crippen LogP contribution is 2.32. The number of hydrogen-bond acceptors (Lipinski definition) is 2. The molecule has 6 heteroatoms. The third-order valence-electron chi connectivity index (χ3n) is 2.76. The summed E-state index contributed by atoms with van der Waals surface area (Å²) in [6.07, 6.45) is -0.227. The van der Waals surface area contributed by atoms with Crippen molar-refractivity contribution in [3.8, 4) is 0 Å². The summed E-state index contributed by atoms with van der Waals surface area (Å²) in [5.41, 5.74) is -0.349. The first-order valence-corrected chi connectivity index (χ1v) is 4.96. The average Bonchev–Trinajstić information content (AvgIpc) is 2.60. The van der Waals surface area contributed by atoms with Crippen molar-refractivity contribution in [2.45, 2.75) is 18.4 Å². The summed E-state index contributed by atoms with van der Waals surface area (Å²) in [5.74, 6) is -4.51. The van der Waals surface area contributed by atoms with Crippen molar-refractivity contribution in [1.82, 2.24) is 5.32 Å². The fourth-order valence-corrected chi connectivity index (χ4v) is 2.02. The molecule has 1 aromatic carbocycles. The number of carbonyl (C=O) groups is 2. The molecule has 1 heterocycles. The van der Waals surface area contributed by atoms with E-state index in [0.29, 0.717) is 0 Å². The van der Waals surface area contributed by atoms with Crippen molar-refractivity contribution in [2.24, 2.45) is 0 Å². The third-order valence-corrected chi connectivity index (χ3v) is 2.76. The predicted molar refractivity (Wildman–Crippen MR) is 53.3 cm³/mol. The predicted octanol–water partition coefficient (Wildman–Crippen LogP) is 1.02. The van der Waals surface area contributed by atoms with Gasteiger partial charge in [-0.2, -0.15) is 0 Å². The van der Waals surface area contributed by atoms with Crippen molar-refractivity contribution in [2.75, 3.05) is 0 Å². The summed E-state index contributed by atoms with van der Waals surface area (Å²) < 4.78 is 27.0. The molecule has 2 N–H and O–H groups in total. The zero-order valence-corrected chi connectivity index (χ0v) is 8.61. The number of nitrogens with one attached hydrogen (secondary N) is 1. The van der Waals surface area contributed by atoms with Crippen LogP contribution in [0.1, 0.15) is 17.9 Å². The van der Waals surface area contributed by atoms with Crippen LogP contribution in [0.25, 0.3) is 0 Å². The molecule has 1 aliphatic heterocycles. The Morgan fingerprint density at radius 3 is 2.47 bits per heavy atom. The highest BCUT2D eigenvalue weighted by Gasteiger charge is 2.40. The minimum atomic E-state index is -1.30. The number of benzene rings is 1. The Bertz CT molecular complexity index is 469. The van der Waals surface area contributed by atoms with Crippen LogP contribution < -0.4 is 5.32 Å². The molecule has 2 atom stereocenters. The first-order chi connectivity index (χ1) is 8.00. The number of hydrogen-bond donors (Lipinski definition) is 2. The van der Waals surface area contributed by atoms with Gasteiger partial charge in [0.05, 0.1) is 0 Å². The molecule has 0 saturated carbocycles. The quantitative estimate of drug-likeness (QED) is 0.812. The maximum atomic E-state index is 13.5. The summed E-state index contributed by atoms with van der Waals surface area (Å²) in [5, 5.41) is 11.1. The SMILES string of the molecule is O=C1CC(c2c(F)cccc2F)C(C(=O)O)N1. The maximum absolute atomic E-state index is 13.5. The number of rotatable bonds is 2. The van der Waals surface area contributed by atoms with Crippen LogP contribution in [-0.4, -0.2) is 23.0 Å². The number of amides is 1. The molecule has 90 valence electrons. The van der Waals surface area contributed by atoms with E-state index in [4.69, 9.17) is 5.11 Å². The van der Waals surface area contributed by atoms with Gasteiger partial charge in [-0.15, -0.1) is 0 Å². The highest BCUT2D eigenvalue weighted by molar-refractivity contribution is 5.89. The van der Waals surface area contributed by atoms with Crippen LogP contribution >= 0.6 is 0 Å². The lowest BCUT2D eigenvalue weighted by molar-refractivity contribution is -0.140. The molecule has 0 spiro atoms. The van der Waals surface area contributed by atoms with Crippen molar-refractivity contribution < 1.29 is 23.5 Å². The Morgan fingerprint density at radius 2 is 1.94 bits per heavy atom. The largest absolute Gasteiger partial charge is 0.480 e. The zero-order chi connectivity index (χ0) is 12.6. The van der Waals surface area contributed by atoms with Gasteiger partial charge in [0.1, 0.15) is 17.7 Å². The summed E-state index contributed by atoms with van der Waals surface area (Å²) in [7, 11) is 0. The van der Waals surface area contributed by atoms with Gasteiger partial charge in [0.25, 0.3) is 0 Å². The Kier molecular flexibility index (Phi) is 2.79. The molecule has 0 aromatic heterocycles. The molecule has 2 unspecified atom stereocenters. The van der Waals surface area contributed by atoms with Gasteiger partial charge in [-0.25, -0.2) is 13.6 Å². The number of carboxylic acid groups (broad SMARTS) is 1. The Morgan fingerprint density at radius 1 is 1.35 bits per heavy atom. The molecule has 1 fully saturated rings. The fraction of sp³-hybridized carbons (Fsp3) is 0.273. The maximum Gasteiger partial charge on any atom is 0.326 e. The van der Waals surface area contributed by atoms with Crippen LogP contribution in [-0.2, 0) is 9.59 Å². The molecule has 1 saturated heterocycles. The van der Waals surface area contributed by atoms with Crippen molar-refractivity contribution in [1.29, 1.82) is 0 Å². The second kappa shape index (κ2) is 4.12. The minimum Gasteiger partial charge on any atom is -0.480 e. The molecular formula is C11H9F2NO3. The lowest BCUT2D eigenvalue weighted by Gasteiger charge is -2.16. The van der Waals surface area contributed by atoms with Gasteiger partial charge in [0.2, 0.25) is 5.91 Å². The Balaban J connectivity index is 2.45. The molecule has 1 aromatic rings. The normalized spacial score (nSPS) is 23.5. The van der Waals surface area contributed by atoms with E-state index in [1.54, 1.807) is 0 Å². The monoisotopic (exact) mass is 241 g/mol. The smallest absolute Gasteiger partial charge is 0.326 e. The van der Waals surface area contributed by atoms with Crippen LogP contribution in [0.3, 0.4) is 0 Å². The van der Waals surface area contributed by atoms with E-state index < -0.39 is 35.5 Å². The van der Waals surface area contributed by atoms with E-state index >= 15 is 0 Å². The standard InChI is InChI=1S/C11H9F2NO3/c12-6-2-1-3-7(13)9(6)5-4-8(15)14-10(5)11(16)17/h1-3,5,10H,4H2,(H,14,15)(H,16,17). The molecule has 2 rings (SSSR count). The van der Waals surface area contributed by atoms with E-state index in [9.17, 15) is 18.4 Å². The van der Waals surface area contributed by atoms with E-state index in [0.717, 1.165) is 12.1 Å². The second-order valence-electron chi connectivity index (χ2n) is 3.83. The van der Waals surface area contributed by atoms with Crippen LogP contribution in [0.5, 0.6) is 0 Å². The molecule has 0 aliphatic carbocycles. The van der Waals surface area contributed by atoms with E-state index in [1.165, 1.54) is 6.07 Å². The number of aliphatic carboxylic acids is 1. The molecule has 17 heavy (non-hydrogen) atoms. The number of carboxylic acids is 1. The van der Waals surface area contributed by atoms with Gasteiger partial charge in [0.15, 0.2) is 0 Å². The van der Waals surface area contributed by atoms with Gasteiger partial charge in [-0.05, 0) is 12.1 Å². The molecule has 1 aliphatic rings. The lowest BCUT2D eigenvalue weighted by atomic mass is 9.91. The van der Waals surface area contributed by atoms with Gasteiger partial charge in [-0.3, -0.25) is 4.79 Å². The summed E-state index contributed by atoms with van der Waals surface area (Å²) in [6, 6.07) is 1.99. The van der Waals surface area contributed by atoms with Gasteiger partial charge in [-0.1, -0.05) is 6.07 Å². The van der Waals surface area contributed by atoms with Crippen LogP contribution in [0.2, 0.25) is 0 Å². The third kappa shape index (κ3) is 1.98. The first kappa shape index (κ1) is 11.5. The van der Waals surface area contributed by atoms with Crippen LogP contribution in [0, 0.1) is 11.6 Å². The average molecular weight is 241 g/mol. The van der Waals surface area contributed by atoms with Crippen molar-refractivity contribution >= 4 is 11.9 Å². The molecule has 1 amide bonds. The topological polar surface area (TPSA) is 66.4 Å². The van der Waals surface area contributed by atoms with E-state index in [1.807, 2.05) is 0 Å². The summed E-state index contributed by atoms with van der Waals surface area (Å²) in [4.78, 5) is 22.0. The first-order valence-electron chi connectivity index (χ1n) is 4.96. The zero-order valence-electron chi connectivity index (χ0n) is 8.61. The van der Waals surface area contributed by atoms with Crippen LogP contribution in [0.4, 0.5) is 8.78 Å². The molecular weight excluding hydrogens is 232 g/mol. The van der Waals surface area contributed by atoms with Gasteiger partial charge >= 0.3 is 5.97 Å². The molecule has 0 radical (unpaired) electrons. The van der Waals surface area contributed by atoms with Crippen molar-refractivity contribution in [3.63, 3.8) is 0 Å². The molecule has 0 bridgehead atoms. The van der Waals surface area contributed by atoms with E-state index in [-0.39, 0.29) is 12.0 Å². The minimum absolute atomic E-state index is 0.227. The summed E-state index contributed by atoms with van der Waals surface area (Å²) in [6.45, 7) is 0.